The number of carbonyl (C=O) groups is 1. The van der Waals surface area contributed by atoms with Crippen molar-refractivity contribution >= 4 is 5.97 Å². The van der Waals surface area contributed by atoms with E-state index in [1.165, 1.54) is 0 Å². The second-order valence-corrected chi connectivity index (χ2v) is 8.42. The van der Waals surface area contributed by atoms with Gasteiger partial charge in [0.1, 0.15) is 0 Å². The van der Waals surface area contributed by atoms with Gasteiger partial charge in [0, 0.05) is 5.56 Å². The molecule has 0 radical (unpaired) electrons. The maximum Gasteiger partial charge on any atom is 0.312 e. The van der Waals surface area contributed by atoms with Crippen LogP contribution in [0.3, 0.4) is 0 Å². The second-order valence-electron chi connectivity index (χ2n) is 8.42. The van der Waals surface area contributed by atoms with Gasteiger partial charge in [-0.3, -0.25) is 4.79 Å². The van der Waals surface area contributed by atoms with Gasteiger partial charge >= 0.3 is 5.97 Å². The molecule has 4 atom stereocenters. The molecule has 0 saturated heterocycles. The van der Waals surface area contributed by atoms with Gasteiger partial charge in [-0.2, -0.15) is 4.98 Å². The van der Waals surface area contributed by atoms with Crippen molar-refractivity contribution < 1.29 is 19.2 Å². The van der Waals surface area contributed by atoms with E-state index in [2.05, 4.69) is 10.1 Å². The average molecular weight is 354 g/mol. The third kappa shape index (κ3) is 2.63. The zero-order chi connectivity index (χ0) is 17.8. The fourth-order valence-electron chi connectivity index (χ4n) is 5.75. The average Bonchev–Trinajstić information content (AvgIpc) is 3.07. The predicted molar refractivity (Wildman–Crippen MR) is 91.6 cm³/mol. The lowest BCUT2D eigenvalue weighted by Crippen LogP contribution is -2.58. The van der Waals surface area contributed by atoms with Crippen LogP contribution in [0.4, 0.5) is 0 Å². The number of aromatic nitrogens is 2. The molecule has 26 heavy (non-hydrogen) atoms. The normalized spacial score (nSPS) is 34.8. The first kappa shape index (κ1) is 16.0. The van der Waals surface area contributed by atoms with Gasteiger partial charge in [-0.05, 0) is 50.4 Å². The highest BCUT2D eigenvalue weighted by atomic mass is 16.6. The van der Waals surface area contributed by atoms with E-state index in [9.17, 15) is 9.90 Å². The number of ether oxygens (including phenoxy) is 1. The number of hydrogen-bond donors (Lipinski definition) is 1. The van der Waals surface area contributed by atoms with Crippen LogP contribution in [0.2, 0.25) is 0 Å². The van der Waals surface area contributed by atoms with Crippen molar-refractivity contribution in [2.75, 3.05) is 0 Å². The molecule has 0 spiro atoms. The van der Waals surface area contributed by atoms with Gasteiger partial charge in [0.25, 0.3) is 5.89 Å². The van der Waals surface area contributed by atoms with Gasteiger partial charge in [0.2, 0.25) is 5.82 Å². The Morgan fingerprint density at radius 1 is 1.19 bits per heavy atom. The minimum Gasteiger partial charge on any atom is -0.455 e. The highest BCUT2D eigenvalue weighted by Crippen LogP contribution is 2.62. The van der Waals surface area contributed by atoms with Crippen LogP contribution in [0.1, 0.15) is 44.4 Å². The van der Waals surface area contributed by atoms with Crippen LogP contribution in [0.15, 0.2) is 34.9 Å². The summed E-state index contributed by atoms with van der Waals surface area (Å²) in [6, 6.07) is 9.53. The smallest absolute Gasteiger partial charge is 0.312 e. The molecule has 2 aromatic rings. The predicted octanol–water partition coefficient (Wildman–Crippen LogP) is 3.11. The van der Waals surface area contributed by atoms with Crippen molar-refractivity contribution in [3.05, 3.63) is 36.2 Å². The van der Waals surface area contributed by atoms with E-state index in [0.29, 0.717) is 30.0 Å². The molecule has 0 amide bonds. The van der Waals surface area contributed by atoms with E-state index in [1.54, 1.807) is 0 Å². The molecule has 4 aliphatic rings. The maximum atomic E-state index is 12.9. The Morgan fingerprint density at radius 3 is 2.62 bits per heavy atom. The molecule has 4 bridgehead atoms. The highest BCUT2D eigenvalue weighted by Gasteiger charge is 2.60. The molecule has 1 aromatic carbocycles. The van der Waals surface area contributed by atoms with Crippen LogP contribution in [-0.2, 0) is 16.1 Å². The fourth-order valence-corrected chi connectivity index (χ4v) is 5.75. The van der Waals surface area contributed by atoms with Crippen molar-refractivity contribution in [2.45, 2.75) is 50.7 Å². The quantitative estimate of drug-likeness (QED) is 0.849. The van der Waals surface area contributed by atoms with Crippen LogP contribution in [-0.4, -0.2) is 26.8 Å². The summed E-state index contributed by atoms with van der Waals surface area (Å²) in [5, 5.41) is 14.7. The minimum atomic E-state index is -0.673. The summed E-state index contributed by atoms with van der Waals surface area (Å²) in [4.78, 5) is 17.2. The first-order chi connectivity index (χ1) is 12.5. The van der Waals surface area contributed by atoms with Gasteiger partial charge < -0.3 is 14.4 Å². The topological polar surface area (TPSA) is 85.5 Å². The lowest BCUT2D eigenvalue weighted by molar-refractivity contribution is -0.197. The van der Waals surface area contributed by atoms with E-state index in [-0.39, 0.29) is 12.6 Å². The number of rotatable bonds is 4. The summed E-state index contributed by atoms with van der Waals surface area (Å²) in [5.74, 6) is 1.45. The molecule has 4 fully saturated rings. The number of nitrogens with zero attached hydrogens (tertiary/aromatic N) is 2. The first-order valence-corrected chi connectivity index (χ1v) is 9.31. The summed E-state index contributed by atoms with van der Waals surface area (Å²) >= 11 is 0. The van der Waals surface area contributed by atoms with Gasteiger partial charge in [-0.25, -0.2) is 0 Å². The SMILES string of the molecule is O=C(OCc1nc(-c2ccccc2)no1)C12C[C@@H]3C[C@@H](CC(O)(C3)C1)C2. The van der Waals surface area contributed by atoms with Gasteiger partial charge in [0.05, 0.1) is 11.0 Å². The molecule has 6 nitrogen and oxygen atoms in total. The van der Waals surface area contributed by atoms with E-state index < -0.39 is 11.0 Å². The van der Waals surface area contributed by atoms with Crippen LogP contribution < -0.4 is 0 Å². The van der Waals surface area contributed by atoms with Crippen molar-refractivity contribution in [2.24, 2.45) is 17.3 Å². The third-order valence-corrected chi connectivity index (χ3v) is 6.29. The molecule has 1 N–H and O–H groups in total. The maximum absolute atomic E-state index is 12.9. The molecule has 0 aliphatic heterocycles. The summed E-state index contributed by atoms with van der Waals surface area (Å²) < 4.78 is 10.8. The Kier molecular flexibility index (Phi) is 3.47. The van der Waals surface area contributed by atoms with Gasteiger partial charge in [0.15, 0.2) is 6.61 Å². The Bertz CT molecular complexity index is 817. The van der Waals surface area contributed by atoms with Gasteiger partial charge in [-0.1, -0.05) is 35.5 Å². The minimum absolute atomic E-state index is 0.0197. The summed E-state index contributed by atoms with van der Waals surface area (Å²) in [7, 11) is 0. The molecular formula is C20H22N2O4. The van der Waals surface area contributed by atoms with Crippen molar-refractivity contribution in [1.29, 1.82) is 0 Å². The van der Waals surface area contributed by atoms with E-state index in [4.69, 9.17) is 9.26 Å². The first-order valence-electron chi connectivity index (χ1n) is 9.31. The zero-order valence-corrected chi connectivity index (χ0v) is 14.6. The summed E-state index contributed by atoms with van der Waals surface area (Å²) in [6.07, 6.45) is 5.02. The molecule has 4 aliphatic carbocycles. The Balaban J connectivity index is 1.28. The fraction of sp³-hybridized carbons (Fsp3) is 0.550. The van der Waals surface area contributed by atoms with Crippen molar-refractivity contribution in [3.8, 4) is 11.4 Å². The molecule has 1 heterocycles. The summed E-state index contributed by atoms with van der Waals surface area (Å²) in [5.41, 5.74) is -0.341. The number of aliphatic hydroxyl groups is 1. The molecule has 4 saturated carbocycles. The molecule has 6 rings (SSSR count). The molecule has 1 aromatic heterocycles. The van der Waals surface area contributed by atoms with E-state index >= 15 is 0 Å². The van der Waals surface area contributed by atoms with Crippen LogP contribution in [0, 0.1) is 17.3 Å². The number of benzene rings is 1. The largest absolute Gasteiger partial charge is 0.455 e. The standard InChI is InChI=1S/C20H22N2O4/c23-18(19-7-13-6-14(8-19)10-20(24,9-13)12-19)25-11-16-21-17(22-26-16)15-4-2-1-3-5-15/h1-5,13-14,24H,6-12H2/t13-,14+,19?,20?. The summed E-state index contributed by atoms with van der Waals surface area (Å²) in [6.45, 7) is -0.0197. The lowest BCUT2D eigenvalue weighted by atomic mass is 9.48. The Labute approximate surface area is 151 Å². The number of esters is 1. The molecule has 6 heteroatoms. The highest BCUT2D eigenvalue weighted by molar-refractivity contribution is 5.77. The second kappa shape index (κ2) is 5.64. The monoisotopic (exact) mass is 354 g/mol. The van der Waals surface area contributed by atoms with Crippen molar-refractivity contribution in [1.82, 2.24) is 10.1 Å². The lowest BCUT2D eigenvalue weighted by Gasteiger charge is -2.58. The molecule has 136 valence electrons. The molecular weight excluding hydrogens is 332 g/mol. The van der Waals surface area contributed by atoms with Crippen molar-refractivity contribution in [3.63, 3.8) is 0 Å². The van der Waals surface area contributed by atoms with E-state index in [0.717, 1.165) is 37.7 Å². The van der Waals surface area contributed by atoms with Crippen LogP contribution in [0.25, 0.3) is 11.4 Å². The van der Waals surface area contributed by atoms with Crippen LogP contribution >= 0.6 is 0 Å². The number of hydrogen-bond acceptors (Lipinski definition) is 6. The van der Waals surface area contributed by atoms with Gasteiger partial charge in [-0.15, -0.1) is 0 Å². The van der Waals surface area contributed by atoms with E-state index in [1.807, 2.05) is 30.3 Å². The number of carbonyl (C=O) groups excluding carboxylic acids is 1. The Hall–Kier alpha value is -2.21. The van der Waals surface area contributed by atoms with Crippen LogP contribution in [0.5, 0.6) is 0 Å². The third-order valence-electron chi connectivity index (χ3n) is 6.29. The zero-order valence-electron chi connectivity index (χ0n) is 14.6. The Morgan fingerprint density at radius 2 is 1.92 bits per heavy atom. The molecule has 2 unspecified atom stereocenters.